The molecule has 0 bridgehead atoms. The topological polar surface area (TPSA) is 106 Å². The fraction of sp³-hybridized carbons (Fsp3) is 0.250. The summed E-state index contributed by atoms with van der Waals surface area (Å²) in [7, 11) is -2.66. The number of hydrogen-bond acceptors (Lipinski definition) is 7. The molecule has 1 aromatic heterocycles. The smallest absolute Gasteiger partial charge is 0.337 e. The molecule has 1 amide bonds. The van der Waals surface area contributed by atoms with Crippen molar-refractivity contribution in [2.45, 2.75) is 23.8 Å². The van der Waals surface area contributed by atoms with E-state index >= 15 is 0 Å². The lowest BCUT2D eigenvalue weighted by Crippen LogP contribution is -2.43. The molecule has 1 aliphatic rings. The number of hydrogen-bond donors (Lipinski definition) is 1. The van der Waals surface area contributed by atoms with Gasteiger partial charge < -0.3 is 10.1 Å². The molecule has 0 saturated carbocycles. The zero-order valence-corrected chi connectivity index (χ0v) is 18.0. The molecule has 1 N–H and O–H groups in total. The second-order valence-electron chi connectivity index (χ2n) is 6.91. The van der Waals surface area contributed by atoms with E-state index in [0.717, 1.165) is 16.4 Å². The van der Waals surface area contributed by atoms with Gasteiger partial charge in [-0.3, -0.25) is 4.79 Å². The van der Waals surface area contributed by atoms with Crippen molar-refractivity contribution in [1.82, 2.24) is 9.29 Å². The van der Waals surface area contributed by atoms with E-state index in [1.54, 1.807) is 18.2 Å². The van der Waals surface area contributed by atoms with E-state index in [9.17, 15) is 22.4 Å². The number of methoxy groups -OCH3 is 1. The Morgan fingerprint density at radius 1 is 1.23 bits per heavy atom. The van der Waals surface area contributed by atoms with Gasteiger partial charge in [0.2, 0.25) is 15.9 Å². The van der Waals surface area contributed by atoms with Gasteiger partial charge in [0.15, 0.2) is 5.13 Å². The van der Waals surface area contributed by atoms with Crippen molar-refractivity contribution in [3.05, 3.63) is 53.8 Å². The molecule has 0 spiro atoms. The number of aromatic nitrogens is 1. The first-order chi connectivity index (χ1) is 14.8. The van der Waals surface area contributed by atoms with Crippen molar-refractivity contribution in [3.63, 3.8) is 0 Å². The number of anilines is 1. The number of esters is 1. The van der Waals surface area contributed by atoms with Crippen LogP contribution in [0.4, 0.5) is 9.52 Å². The Bertz CT molecular complexity index is 1260. The lowest BCUT2D eigenvalue weighted by molar-refractivity contribution is -0.119. The lowest BCUT2D eigenvalue weighted by atomic mass is 10.2. The molecular weight excluding hydrogens is 445 g/mol. The lowest BCUT2D eigenvalue weighted by Gasteiger charge is -2.23. The summed E-state index contributed by atoms with van der Waals surface area (Å²) < 4.78 is 45.6. The second kappa shape index (κ2) is 8.33. The van der Waals surface area contributed by atoms with Crippen LogP contribution in [0.5, 0.6) is 0 Å². The fourth-order valence-corrected chi connectivity index (χ4v) is 6.01. The van der Waals surface area contributed by atoms with Crippen molar-refractivity contribution < 1.29 is 27.1 Å². The second-order valence-corrected chi connectivity index (χ2v) is 9.83. The van der Waals surface area contributed by atoms with Gasteiger partial charge in [0.25, 0.3) is 0 Å². The fourth-order valence-electron chi connectivity index (χ4n) is 3.44. The van der Waals surface area contributed by atoms with Crippen LogP contribution in [0.1, 0.15) is 23.2 Å². The predicted octanol–water partition coefficient (Wildman–Crippen LogP) is 3.01. The Labute approximate surface area is 181 Å². The number of nitrogens with zero attached hydrogens (tertiary/aromatic N) is 2. The van der Waals surface area contributed by atoms with Crippen LogP contribution >= 0.6 is 11.3 Å². The molecule has 162 valence electrons. The van der Waals surface area contributed by atoms with Gasteiger partial charge >= 0.3 is 5.97 Å². The van der Waals surface area contributed by atoms with Gasteiger partial charge in [0.05, 0.1) is 27.8 Å². The molecule has 2 heterocycles. The number of fused-ring (bicyclic) bond motifs is 1. The van der Waals surface area contributed by atoms with Gasteiger partial charge in [-0.25, -0.2) is 22.6 Å². The van der Waals surface area contributed by atoms with Crippen LogP contribution in [0.15, 0.2) is 47.4 Å². The number of carbonyl (C=O) groups is 2. The number of halogens is 1. The number of amides is 1. The molecule has 11 heteroatoms. The predicted molar refractivity (Wildman–Crippen MR) is 113 cm³/mol. The molecule has 2 aromatic carbocycles. The van der Waals surface area contributed by atoms with E-state index in [1.165, 1.54) is 30.6 Å². The minimum Gasteiger partial charge on any atom is -0.465 e. The van der Waals surface area contributed by atoms with Crippen molar-refractivity contribution in [2.24, 2.45) is 0 Å². The molecule has 0 aliphatic carbocycles. The SMILES string of the molecule is COC(=O)c1ccc2nc(NC(=O)C3CCCN3S(=O)(=O)c3ccc(F)cc3)sc2c1. The third-order valence-corrected chi connectivity index (χ3v) is 7.82. The summed E-state index contributed by atoms with van der Waals surface area (Å²) in [6.45, 7) is 0.195. The molecule has 3 aromatic rings. The van der Waals surface area contributed by atoms with Crippen LogP contribution < -0.4 is 5.32 Å². The number of carbonyl (C=O) groups excluding carboxylic acids is 2. The minimum absolute atomic E-state index is 0.0658. The summed E-state index contributed by atoms with van der Waals surface area (Å²) in [6.07, 6.45) is 0.893. The minimum atomic E-state index is -3.95. The zero-order chi connectivity index (χ0) is 22.2. The van der Waals surface area contributed by atoms with E-state index < -0.39 is 33.8 Å². The quantitative estimate of drug-likeness (QED) is 0.583. The number of rotatable bonds is 5. The Morgan fingerprint density at radius 3 is 2.68 bits per heavy atom. The highest BCUT2D eigenvalue weighted by atomic mass is 32.2. The highest BCUT2D eigenvalue weighted by Gasteiger charge is 2.39. The third kappa shape index (κ3) is 4.16. The van der Waals surface area contributed by atoms with E-state index in [-0.39, 0.29) is 11.4 Å². The first-order valence-electron chi connectivity index (χ1n) is 9.37. The third-order valence-electron chi connectivity index (χ3n) is 4.97. The zero-order valence-electron chi connectivity index (χ0n) is 16.4. The number of nitrogens with one attached hydrogen (secondary N) is 1. The highest BCUT2D eigenvalue weighted by Crippen LogP contribution is 2.30. The van der Waals surface area contributed by atoms with Crippen LogP contribution in [0.2, 0.25) is 0 Å². The summed E-state index contributed by atoms with van der Waals surface area (Å²) in [5.41, 5.74) is 0.957. The van der Waals surface area contributed by atoms with E-state index in [1.807, 2.05) is 0 Å². The van der Waals surface area contributed by atoms with Gasteiger partial charge in [-0.2, -0.15) is 4.31 Å². The van der Waals surface area contributed by atoms with Gasteiger partial charge in [0.1, 0.15) is 11.9 Å². The maximum atomic E-state index is 13.2. The maximum Gasteiger partial charge on any atom is 0.337 e. The summed E-state index contributed by atoms with van der Waals surface area (Å²) in [4.78, 5) is 28.8. The summed E-state index contributed by atoms with van der Waals surface area (Å²) >= 11 is 1.17. The molecular formula is C20H18FN3O5S2. The van der Waals surface area contributed by atoms with Gasteiger partial charge in [-0.05, 0) is 55.3 Å². The molecule has 8 nitrogen and oxygen atoms in total. The average Bonchev–Trinajstić information content (AvgIpc) is 3.40. The van der Waals surface area contributed by atoms with Gasteiger partial charge in [-0.15, -0.1) is 0 Å². The first kappa shape index (κ1) is 21.3. The van der Waals surface area contributed by atoms with Crippen molar-refractivity contribution in [2.75, 3.05) is 19.0 Å². The number of sulfonamides is 1. The van der Waals surface area contributed by atoms with Crippen LogP contribution in [0.3, 0.4) is 0 Å². The number of thiazole rings is 1. The Balaban J connectivity index is 1.55. The molecule has 1 fully saturated rings. The standard InChI is InChI=1S/C20H18FN3O5S2/c1-29-19(26)12-4-9-15-17(11-12)30-20(22-15)23-18(25)16-3-2-10-24(16)31(27,28)14-7-5-13(21)6-8-14/h4-9,11,16H,2-3,10H2,1H3,(H,22,23,25). The summed E-state index contributed by atoms with van der Waals surface area (Å²) in [5.74, 6) is -1.51. The van der Waals surface area contributed by atoms with E-state index in [4.69, 9.17) is 4.74 Å². The number of ether oxygens (including phenoxy) is 1. The van der Waals surface area contributed by atoms with Crippen LogP contribution in [-0.2, 0) is 19.6 Å². The van der Waals surface area contributed by atoms with Crippen molar-refractivity contribution in [1.29, 1.82) is 0 Å². The average molecular weight is 464 g/mol. The van der Waals surface area contributed by atoms with E-state index in [0.29, 0.717) is 33.8 Å². The highest BCUT2D eigenvalue weighted by molar-refractivity contribution is 7.89. The Morgan fingerprint density at radius 2 is 1.97 bits per heavy atom. The van der Waals surface area contributed by atoms with Gasteiger partial charge in [-0.1, -0.05) is 11.3 Å². The van der Waals surface area contributed by atoms with Crippen LogP contribution in [-0.4, -0.2) is 49.3 Å². The van der Waals surface area contributed by atoms with Crippen LogP contribution in [0, 0.1) is 5.82 Å². The normalized spacial score (nSPS) is 17.0. The molecule has 1 aliphatic heterocycles. The van der Waals surface area contributed by atoms with Crippen molar-refractivity contribution in [3.8, 4) is 0 Å². The molecule has 1 unspecified atom stereocenters. The number of benzene rings is 2. The molecule has 1 atom stereocenters. The Kier molecular flexibility index (Phi) is 5.73. The maximum absolute atomic E-state index is 13.2. The Hall–Kier alpha value is -2.89. The first-order valence-corrected chi connectivity index (χ1v) is 11.6. The monoisotopic (exact) mass is 463 g/mol. The largest absolute Gasteiger partial charge is 0.465 e. The molecule has 0 radical (unpaired) electrons. The van der Waals surface area contributed by atoms with Gasteiger partial charge in [0, 0.05) is 6.54 Å². The van der Waals surface area contributed by atoms with Crippen molar-refractivity contribution >= 4 is 48.6 Å². The molecule has 4 rings (SSSR count). The summed E-state index contributed by atoms with van der Waals surface area (Å²) in [6, 6.07) is 8.46. The summed E-state index contributed by atoms with van der Waals surface area (Å²) in [5, 5.41) is 2.98. The van der Waals surface area contributed by atoms with E-state index in [2.05, 4.69) is 10.3 Å². The molecule has 1 saturated heterocycles. The van der Waals surface area contributed by atoms with Crippen LogP contribution in [0.25, 0.3) is 10.2 Å². The molecule has 31 heavy (non-hydrogen) atoms.